The highest BCUT2D eigenvalue weighted by atomic mass is 19.1. The lowest BCUT2D eigenvalue weighted by atomic mass is 10.0. The van der Waals surface area contributed by atoms with E-state index >= 15 is 4.39 Å². The van der Waals surface area contributed by atoms with Gasteiger partial charge in [-0.05, 0) is 54.3 Å². The van der Waals surface area contributed by atoms with E-state index in [1.165, 1.54) is 18.2 Å². The van der Waals surface area contributed by atoms with Gasteiger partial charge in [-0.1, -0.05) is 26.0 Å². The summed E-state index contributed by atoms with van der Waals surface area (Å²) in [5, 5.41) is 9.21. The van der Waals surface area contributed by atoms with Crippen molar-refractivity contribution in [3.8, 4) is 22.7 Å². The van der Waals surface area contributed by atoms with Crippen LogP contribution in [0, 0.1) is 11.6 Å². The number of aryl methyl sites for hydroxylation is 2. The fourth-order valence-electron chi connectivity index (χ4n) is 3.60. The highest BCUT2D eigenvalue weighted by Gasteiger charge is 2.23. The highest BCUT2D eigenvalue weighted by Crippen LogP contribution is 2.38. The molecule has 0 fully saturated rings. The first-order chi connectivity index (χ1) is 13.9. The monoisotopic (exact) mass is 395 g/mol. The van der Waals surface area contributed by atoms with Crippen LogP contribution in [0.4, 0.5) is 8.78 Å². The Morgan fingerprint density at radius 1 is 1.03 bits per heavy atom. The van der Waals surface area contributed by atoms with Crippen LogP contribution in [-0.4, -0.2) is 16.1 Å². The highest BCUT2D eigenvalue weighted by molar-refractivity contribution is 5.90. The van der Waals surface area contributed by atoms with Gasteiger partial charge in [0, 0.05) is 11.3 Å². The van der Waals surface area contributed by atoms with Crippen LogP contribution in [0.5, 0.6) is 0 Å². The van der Waals surface area contributed by atoms with Crippen molar-refractivity contribution in [2.24, 2.45) is 0 Å². The number of hydrogen-bond acceptors (Lipinski definition) is 2. The molecule has 2 N–H and O–H groups in total. The van der Waals surface area contributed by atoms with Gasteiger partial charge in [0.15, 0.2) is 11.6 Å². The van der Waals surface area contributed by atoms with E-state index < -0.39 is 17.6 Å². The lowest BCUT2D eigenvalue weighted by molar-refractivity contribution is 0.0697. The summed E-state index contributed by atoms with van der Waals surface area (Å²) in [5.74, 6) is -1.98. The molecule has 0 atom stereocenters. The summed E-state index contributed by atoms with van der Waals surface area (Å²) in [5.41, 5.74) is 3.36. The Hall–Kier alpha value is -3.41. The molecule has 0 amide bonds. The van der Waals surface area contributed by atoms with Gasteiger partial charge < -0.3 is 14.5 Å². The smallest absolute Gasteiger partial charge is 0.335 e. The van der Waals surface area contributed by atoms with Gasteiger partial charge in [0.2, 0.25) is 0 Å². The summed E-state index contributed by atoms with van der Waals surface area (Å²) in [6.07, 6.45) is 0.879. The van der Waals surface area contributed by atoms with Crippen molar-refractivity contribution in [2.45, 2.75) is 26.7 Å². The topological polar surface area (TPSA) is 66.2 Å². The molecule has 0 radical (unpaired) electrons. The third-order valence-corrected chi connectivity index (χ3v) is 5.14. The van der Waals surface area contributed by atoms with Crippen LogP contribution >= 0.6 is 0 Å². The molecule has 0 aliphatic carbocycles. The Morgan fingerprint density at radius 2 is 1.72 bits per heavy atom. The van der Waals surface area contributed by atoms with E-state index in [4.69, 9.17) is 9.52 Å². The second kappa shape index (κ2) is 7.20. The molecule has 2 aromatic heterocycles. The molecular weight excluding hydrogens is 376 g/mol. The maximum Gasteiger partial charge on any atom is 0.335 e. The number of aromatic carboxylic acids is 1. The van der Waals surface area contributed by atoms with Crippen LogP contribution in [0.2, 0.25) is 0 Å². The molecule has 0 saturated heterocycles. The van der Waals surface area contributed by atoms with Gasteiger partial charge in [-0.15, -0.1) is 0 Å². The zero-order valence-electron chi connectivity index (χ0n) is 16.0. The molecule has 2 heterocycles. The van der Waals surface area contributed by atoms with Gasteiger partial charge in [0.25, 0.3) is 0 Å². The summed E-state index contributed by atoms with van der Waals surface area (Å²) >= 11 is 0. The van der Waals surface area contributed by atoms with E-state index in [1.807, 2.05) is 6.92 Å². The average molecular weight is 395 g/mol. The molecule has 29 heavy (non-hydrogen) atoms. The van der Waals surface area contributed by atoms with E-state index in [-0.39, 0.29) is 16.7 Å². The molecule has 6 heteroatoms. The lowest BCUT2D eigenvalue weighted by Gasteiger charge is -2.05. The third kappa shape index (κ3) is 3.10. The molecular formula is C23H19F2NO3. The average Bonchev–Trinajstić information content (AvgIpc) is 3.33. The van der Waals surface area contributed by atoms with Gasteiger partial charge in [-0.2, -0.15) is 0 Å². The number of rotatable bonds is 5. The number of fused-ring (bicyclic) bond motifs is 1. The number of carbonyl (C=O) groups is 1. The second-order valence-electron chi connectivity index (χ2n) is 6.82. The van der Waals surface area contributed by atoms with Crippen LogP contribution in [0.1, 0.15) is 35.3 Å². The molecule has 2 aromatic carbocycles. The Bertz CT molecular complexity index is 1220. The van der Waals surface area contributed by atoms with Crippen LogP contribution in [-0.2, 0) is 12.8 Å². The van der Waals surface area contributed by atoms with Crippen molar-refractivity contribution < 1.29 is 23.1 Å². The Labute approximate surface area is 165 Å². The lowest BCUT2D eigenvalue weighted by Crippen LogP contribution is -1.95. The van der Waals surface area contributed by atoms with Crippen LogP contribution in [0.25, 0.3) is 33.7 Å². The van der Waals surface area contributed by atoms with Crippen LogP contribution < -0.4 is 0 Å². The Kier molecular flexibility index (Phi) is 4.70. The van der Waals surface area contributed by atoms with Crippen molar-refractivity contribution in [3.63, 3.8) is 0 Å². The molecule has 0 unspecified atom stereocenters. The van der Waals surface area contributed by atoms with Gasteiger partial charge in [-0.3, -0.25) is 0 Å². The maximum absolute atomic E-state index is 15.3. The number of furan rings is 1. The second-order valence-corrected chi connectivity index (χ2v) is 6.82. The van der Waals surface area contributed by atoms with E-state index in [2.05, 4.69) is 4.98 Å². The largest absolute Gasteiger partial charge is 0.478 e. The van der Waals surface area contributed by atoms with Crippen molar-refractivity contribution >= 4 is 16.9 Å². The number of H-pyrrole nitrogens is 1. The predicted molar refractivity (Wildman–Crippen MR) is 107 cm³/mol. The van der Waals surface area contributed by atoms with Crippen molar-refractivity contribution in [1.29, 1.82) is 0 Å². The summed E-state index contributed by atoms with van der Waals surface area (Å²) in [7, 11) is 0. The minimum atomic E-state index is -1.00. The van der Waals surface area contributed by atoms with E-state index in [0.29, 0.717) is 40.9 Å². The molecule has 148 valence electrons. The maximum atomic E-state index is 15.3. The summed E-state index contributed by atoms with van der Waals surface area (Å²) in [6, 6.07) is 11.2. The van der Waals surface area contributed by atoms with E-state index in [0.717, 1.165) is 5.56 Å². The van der Waals surface area contributed by atoms with E-state index in [9.17, 15) is 9.18 Å². The number of aromatic nitrogens is 1. The molecule has 0 aliphatic heterocycles. The van der Waals surface area contributed by atoms with E-state index in [1.54, 1.807) is 31.2 Å². The van der Waals surface area contributed by atoms with Crippen molar-refractivity contribution in [1.82, 2.24) is 4.98 Å². The number of aromatic amines is 1. The number of carboxylic acids is 1. The first-order valence-electron chi connectivity index (χ1n) is 9.39. The van der Waals surface area contributed by atoms with Gasteiger partial charge >= 0.3 is 5.97 Å². The Balaban J connectivity index is 1.82. The zero-order valence-corrected chi connectivity index (χ0v) is 16.0. The molecule has 0 aliphatic rings. The number of hydrogen-bond donors (Lipinski definition) is 2. The molecule has 4 rings (SSSR count). The van der Waals surface area contributed by atoms with Crippen LogP contribution in [0.15, 0.2) is 46.9 Å². The normalized spacial score (nSPS) is 11.3. The Morgan fingerprint density at radius 3 is 2.34 bits per heavy atom. The fourth-order valence-corrected chi connectivity index (χ4v) is 3.60. The number of nitrogens with one attached hydrogen (secondary N) is 1. The molecule has 0 saturated carbocycles. The third-order valence-electron chi connectivity index (χ3n) is 5.14. The summed E-state index contributed by atoms with van der Waals surface area (Å²) in [4.78, 5) is 14.1. The quantitative estimate of drug-likeness (QED) is 0.423. The number of halogens is 2. The minimum absolute atomic E-state index is 0.0309. The predicted octanol–water partition coefficient (Wildman–Crippen LogP) is 6.20. The summed E-state index contributed by atoms with van der Waals surface area (Å²) in [6.45, 7) is 3.65. The zero-order chi connectivity index (χ0) is 20.7. The van der Waals surface area contributed by atoms with Crippen LogP contribution in [0.3, 0.4) is 0 Å². The first-order valence-corrected chi connectivity index (χ1v) is 9.39. The van der Waals surface area contributed by atoms with Gasteiger partial charge in [-0.25, -0.2) is 13.6 Å². The van der Waals surface area contributed by atoms with Gasteiger partial charge in [0.1, 0.15) is 11.4 Å². The minimum Gasteiger partial charge on any atom is -0.478 e. The molecule has 4 aromatic rings. The summed E-state index contributed by atoms with van der Waals surface area (Å²) < 4.78 is 35.5. The van der Waals surface area contributed by atoms with Gasteiger partial charge in [0.05, 0.1) is 16.6 Å². The number of benzene rings is 2. The fraction of sp³-hybridized carbons (Fsp3) is 0.174. The molecule has 0 spiro atoms. The number of carboxylic acid groups (broad SMARTS) is 1. The standard InChI is InChI=1S/C23H19F2NO3/c1-3-12-11-16(24)15(4-2)19-20(25)22(29-21(12)19)18-10-9-17(26-18)13-5-7-14(8-6-13)23(27)28/h5-11,26H,3-4H2,1-2H3,(H,27,28). The van der Waals surface area contributed by atoms with Crippen molar-refractivity contribution in [3.05, 3.63) is 70.8 Å². The SMILES string of the molecule is CCc1cc(F)c(CC)c2c(F)c(-c3ccc(-c4ccc(C(=O)O)cc4)[nH]3)oc12. The first kappa shape index (κ1) is 18.9. The molecule has 0 bridgehead atoms. The molecule has 4 nitrogen and oxygen atoms in total. The van der Waals surface area contributed by atoms with Crippen molar-refractivity contribution in [2.75, 3.05) is 0 Å².